The fraction of sp³-hybridized carbons (Fsp3) is 0.308. The molecule has 3 aromatic rings. The maximum atomic E-state index is 13.1. The molecule has 1 aliphatic carbocycles. The maximum absolute atomic E-state index is 13.1. The van der Waals surface area contributed by atoms with Crippen LogP contribution in [0.15, 0.2) is 60.8 Å². The zero-order chi connectivity index (χ0) is 24.7. The molecule has 1 saturated carbocycles. The van der Waals surface area contributed by atoms with Gasteiger partial charge in [-0.15, -0.1) is 0 Å². The standard InChI is InChI=1S/C26H26ClN5O3/c1-26(19-10-11-19)24(34)31(25(35)28-26)16-22(33)30(2)14-18-15-32(21-6-4-3-5-7-21)29-23(18)17-8-12-20(27)13-9-17/h3-9,12-13,15,19H,10-11,14,16H2,1-2H3,(H,28,35)/t26-/m0/s1. The molecule has 35 heavy (non-hydrogen) atoms. The zero-order valence-electron chi connectivity index (χ0n) is 19.6. The van der Waals surface area contributed by atoms with Gasteiger partial charge in [-0.3, -0.25) is 14.5 Å². The average molecular weight is 492 g/mol. The van der Waals surface area contributed by atoms with Crippen molar-refractivity contribution in [3.05, 3.63) is 71.4 Å². The predicted octanol–water partition coefficient (Wildman–Crippen LogP) is 3.87. The Morgan fingerprint density at radius 3 is 2.49 bits per heavy atom. The predicted molar refractivity (Wildman–Crippen MR) is 132 cm³/mol. The first kappa shape index (κ1) is 23.1. The van der Waals surface area contributed by atoms with Gasteiger partial charge in [0.05, 0.1) is 11.4 Å². The molecule has 0 spiro atoms. The molecule has 8 nitrogen and oxygen atoms in total. The highest BCUT2D eigenvalue weighted by Gasteiger charge is 2.56. The summed E-state index contributed by atoms with van der Waals surface area (Å²) >= 11 is 6.07. The number of rotatable bonds is 7. The topological polar surface area (TPSA) is 87.5 Å². The summed E-state index contributed by atoms with van der Waals surface area (Å²) in [5.41, 5.74) is 2.40. The molecule has 0 radical (unpaired) electrons. The third-order valence-corrected chi connectivity index (χ3v) is 7.00. The van der Waals surface area contributed by atoms with E-state index in [1.165, 1.54) is 4.90 Å². The molecule has 2 aromatic carbocycles. The summed E-state index contributed by atoms with van der Waals surface area (Å²) in [6, 6.07) is 16.6. The molecule has 2 heterocycles. The number of hydrogen-bond donors (Lipinski definition) is 1. The molecule has 0 unspecified atom stereocenters. The van der Waals surface area contributed by atoms with Gasteiger partial charge in [-0.25, -0.2) is 9.48 Å². The average Bonchev–Trinajstić information content (AvgIpc) is 3.60. The first-order valence-corrected chi connectivity index (χ1v) is 11.9. The summed E-state index contributed by atoms with van der Waals surface area (Å²) < 4.78 is 1.77. The van der Waals surface area contributed by atoms with E-state index >= 15 is 0 Å². The van der Waals surface area contributed by atoms with Gasteiger partial charge in [-0.1, -0.05) is 41.9 Å². The van der Waals surface area contributed by atoms with Gasteiger partial charge in [0, 0.05) is 35.9 Å². The second kappa shape index (κ2) is 8.85. The molecular formula is C26H26ClN5O3. The Labute approximate surface area is 208 Å². The minimum absolute atomic E-state index is 0.141. The number of carbonyl (C=O) groups is 3. The van der Waals surface area contributed by atoms with Crippen molar-refractivity contribution in [1.29, 1.82) is 0 Å². The normalized spacial score (nSPS) is 19.7. The Bertz CT molecular complexity index is 1290. The minimum Gasteiger partial charge on any atom is -0.340 e. The van der Waals surface area contributed by atoms with Crippen molar-refractivity contribution in [2.24, 2.45) is 5.92 Å². The smallest absolute Gasteiger partial charge is 0.325 e. The molecule has 1 N–H and O–H groups in total. The number of imide groups is 1. The molecule has 1 atom stereocenters. The summed E-state index contributed by atoms with van der Waals surface area (Å²) in [5, 5.41) is 8.18. The number of hydrogen-bond acceptors (Lipinski definition) is 4. The number of halogens is 1. The van der Waals surface area contributed by atoms with E-state index in [4.69, 9.17) is 16.7 Å². The van der Waals surface area contributed by atoms with E-state index in [0.717, 1.165) is 40.2 Å². The van der Waals surface area contributed by atoms with Gasteiger partial charge in [-0.05, 0) is 49.9 Å². The highest BCUT2D eigenvalue weighted by atomic mass is 35.5. The molecular weight excluding hydrogens is 466 g/mol. The molecule has 1 saturated heterocycles. The summed E-state index contributed by atoms with van der Waals surface area (Å²) in [6.45, 7) is 1.70. The summed E-state index contributed by atoms with van der Waals surface area (Å²) in [4.78, 5) is 41.0. The van der Waals surface area contributed by atoms with E-state index in [9.17, 15) is 14.4 Å². The summed E-state index contributed by atoms with van der Waals surface area (Å²) in [5.74, 6) is -0.517. The van der Waals surface area contributed by atoms with Crippen molar-refractivity contribution in [2.45, 2.75) is 31.8 Å². The molecule has 4 amide bonds. The molecule has 2 aliphatic rings. The second-order valence-corrected chi connectivity index (χ2v) is 9.77. The van der Waals surface area contributed by atoms with E-state index in [1.807, 2.05) is 48.7 Å². The van der Waals surface area contributed by atoms with Crippen molar-refractivity contribution < 1.29 is 14.4 Å². The lowest BCUT2D eigenvalue weighted by Crippen LogP contribution is -2.47. The minimum atomic E-state index is -0.908. The van der Waals surface area contributed by atoms with Crippen LogP contribution < -0.4 is 5.32 Å². The lowest BCUT2D eigenvalue weighted by Gasteiger charge is -2.22. The van der Waals surface area contributed by atoms with E-state index in [-0.39, 0.29) is 30.8 Å². The molecule has 0 bridgehead atoms. The van der Waals surface area contributed by atoms with Crippen molar-refractivity contribution in [3.63, 3.8) is 0 Å². The van der Waals surface area contributed by atoms with Crippen molar-refractivity contribution in [2.75, 3.05) is 13.6 Å². The van der Waals surface area contributed by atoms with Crippen LogP contribution >= 0.6 is 11.6 Å². The van der Waals surface area contributed by atoms with Crippen LogP contribution in [0, 0.1) is 5.92 Å². The van der Waals surface area contributed by atoms with E-state index in [1.54, 1.807) is 30.8 Å². The first-order chi connectivity index (χ1) is 16.8. The van der Waals surface area contributed by atoms with Gasteiger partial charge in [0.1, 0.15) is 12.1 Å². The van der Waals surface area contributed by atoms with Gasteiger partial charge in [0.15, 0.2) is 0 Å². The number of nitrogens with zero attached hydrogens (tertiary/aromatic N) is 4. The number of likely N-dealkylation sites (N-methyl/N-ethyl adjacent to an activating group) is 1. The monoisotopic (exact) mass is 491 g/mol. The number of benzene rings is 2. The third kappa shape index (κ3) is 4.41. The van der Waals surface area contributed by atoms with Crippen LogP contribution in [-0.2, 0) is 16.1 Å². The van der Waals surface area contributed by atoms with Crippen LogP contribution in [0.5, 0.6) is 0 Å². The molecule has 1 aromatic heterocycles. The SMILES string of the molecule is CN(Cc1cn(-c2ccccc2)nc1-c1ccc(Cl)cc1)C(=O)CN1C(=O)N[C@@](C)(C2CC2)C1=O. The quantitative estimate of drug-likeness (QED) is 0.508. The van der Waals surface area contributed by atoms with Gasteiger partial charge in [0.2, 0.25) is 5.91 Å². The Morgan fingerprint density at radius 1 is 1.14 bits per heavy atom. The molecule has 180 valence electrons. The largest absolute Gasteiger partial charge is 0.340 e. The van der Waals surface area contributed by atoms with Crippen LogP contribution in [0.3, 0.4) is 0 Å². The molecule has 9 heteroatoms. The number of nitrogens with one attached hydrogen (secondary N) is 1. The molecule has 5 rings (SSSR count). The van der Waals surface area contributed by atoms with Crippen molar-refractivity contribution >= 4 is 29.4 Å². The lowest BCUT2D eigenvalue weighted by molar-refractivity contribution is -0.138. The highest BCUT2D eigenvalue weighted by Crippen LogP contribution is 2.42. The Kier molecular flexibility index (Phi) is 5.84. The first-order valence-electron chi connectivity index (χ1n) is 11.5. The zero-order valence-corrected chi connectivity index (χ0v) is 20.3. The van der Waals surface area contributed by atoms with E-state index < -0.39 is 11.6 Å². The van der Waals surface area contributed by atoms with Gasteiger partial charge in [-0.2, -0.15) is 5.10 Å². The van der Waals surface area contributed by atoms with Crippen LogP contribution in [0.4, 0.5) is 4.79 Å². The number of urea groups is 1. The highest BCUT2D eigenvalue weighted by molar-refractivity contribution is 6.30. The summed E-state index contributed by atoms with van der Waals surface area (Å²) in [6.07, 6.45) is 3.70. The Balaban J connectivity index is 1.37. The maximum Gasteiger partial charge on any atom is 0.325 e. The van der Waals surface area contributed by atoms with Gasteiger partial charge < -0.3 is 10.2 Å². The number of amides is 4. The van der Waals surface area contributed by atoms with Crippen LogP contribution in [0.25, 0.3) is 16.9 Å². The fourth-order valence-corrected chi connectivity index (χ4v) is 4.61. The van der Waals surface area contributed by atoms with E-state index in [0.29, 0.717) is 5.02 Å². The molecule has 1 aliphatic heterocycles. The number of carbonyl (C=O) groups excluding carboxylic acids is 3. The van der Waals surface area contributed by atoms with Gasteiger partial charge in [0.25, 0.3) is 5.91 Å². The number of para-hydroxylation sites is 1. The van der Waals surface area contributed by atoms with Crippen LogP contribution in [-0.4, -0.2) is 56.6 Å². The van der Waals surface area contributed by atoms with Crippen molar-refractivity contribution in [1.82, 2.24) is 24.9 Å². The van der Waals surface area contributed by atoms with Crippen LogP contribution in [0.2, 0.25) is 5.02 Å². The van der Waals surface area contributed by atoms with Gasteiger partial charge >= 0.3 is 6.03 Å². The Hall–Kier alpha value is -3.65. The second-order valence-electron chi connectivity index (χ2n) is 9.34. The Morgan fingerprint density at radius 2 is 1.83 bits per heavy atom. The molecule has 2 fully saturated rings. The fourth-order valence-electron chi connectivity index (χ4n) is 4.49. The lowest BCUT2D eigenvalue weighted by atomic mass is 9.96. The third-order valence-electron chi connectivity index (χ3n) is 6.75. The summed E-state index contributed by atoms with van der Waals surface area (Å²) in [7, 11) is 1.66. The van der Waals surface area contributed by atoms with Crippen molar-refractivity contribution in [3.8, 4) is 16.9 Å². The van der Waals surface area contributed by atoms with Crippen LogP contribution in [0.1, 0.15) is 25.3 Å². The van der Waals surface area contributed by atoms with E-state index in [2.05, 4.69) is 5.32 Å². The number of aromatic nitrogens is 2.